The number of hydrogen-bond donors (Lipinski definition) is 1. The normalized spacial score (nSPS) is 26.1. The van der Waals surface area contributed by atoms with Crippen molar-refractivity contribution in [2.75, 3.05) is 5.75 Å². The van der Waals surface area contributed by atoms with Crippen LogP contribution in [0.5, 0.6) is 0 Å². The largest absolute Gasteiger partial charge is 0.368 e. The molecule has 0 amide bonds. The van der Waals surface area contributed by atoms with Crippen LogP contribution in [0.1, 0.15) is 12.6 Å². The topological polar surface area (TPSA) is 68.0 Å². The minimum absolute atomic E-state index is 0.312. The zero-order chi connectivity index (χ0) is 9.64. The summed E-state index contributed by atoms with van der Waals surface area (Å²) in [5, 5.41) is 14.3. The van der Waals surface area contributed by atoms with Crippen molar-refractivity contribution in [1.82, 2.24) is 14.8 Å². The molecule has 0 fully saturated rings. The zero-order valence-corrected chi connectivity index (χ0v) is 8.13. The van der Waals surface area contributed by atoms with E-state index in [-0.39, 0.29) is 5.56 Å². The van der Waals surface area contributed by atoms with E-state index in [1.165, 1.54) is 16.4 Å². The van der Waals surface area contributed by atoms with E-state index in [0.29, 0.717) is 16.6 Å². The first kappa shape index (κ1) is 8.71. The Bertz CT molecular complexity index is 413. The van der Waals surface area contributed by atoms with Crippen LogP contribution in [0.4, 0.5) is 0 Å². The molecule has 70 valence electrons. The van der Waals surface area contributed by atoms with Gasteiger partial charge in [0.1, 0.15) is 5.69 Å². The molecule has 0 radical (unpaired) electrons. The molecule has 1 aromatic heterocycles. The molecule has 1 atom stereocenters. The predicted molar refractivity (Wildman–Crippen MR) is 47.6 cm³/mol. The highest BCUT2D eigenvalue weighted by Crippen LogP contribution is 2.31. The Balaban J connectivity index is 2.67. The fourth-order valence-electron chi connectivity index (χ4n) is 1.12. The van der Waals surface area contributed by atoms with E-state index < -0.39 is 5.72 Å². The number of fused-ring (bicyclic) bond motifs is 1. The van der Waals surface area contributed by atoms with Crippen molar-refractivity contribution < 1.29 is 5.11 Å². The molecular weight excluding hydrogens is 190 g/mol. The van der Waals surface area contributed by atoms with E-state index in [1.54, 1.807) is 13.8 Å². The van der Waals surface area contributed by atoms with Crippen LogP contribution in [0, 0.1) is 6.92 Å². The van der Waals surface area contributed by atoms with Gasteiger partial charge in [-0.25, -0.2) is 4.68 Å². The number of aryl methyl sites for hydroxylation is 1. The third kappa shape index (κ3) is 1.26. The van der Waals surface area contributed by atoms with Crippen molar-refractivity contribution in [3.63, 3.8) is 0 Å². The summed E-state index contributed by atoms with van der Waals surface area (Å²) in [6, 6.07) is 0. The summed E-state index contributed by atoms with van der Waals surface area (Å²) in [7, 11) is 0. The molecule has 1 aromatic rings. The molecule has 13 heavy (non-hydrogen) atoms. The second kappa shape index (κ2) is 2.55. The third-order valence-electron chi connectivity index (χ3n) is 1.87. The second-order valence-electron chi connectivity index (χ2n) is 3.20. The maximum Gasteiger partial charge on any atom is 0.295 e. The summed E-state index contributed by atoms with van der Waals surface area (Å²) in [4.78, 5) is 14.9. The third-order valence-corrected chi connectivity index (χ3v) is 3.08. The van der Waals surface area contributed by atoms with E-state index in [0.717, 1.165) is 0 Å². The van der Waals surface area contributed by atoms with Gasteiger partial charge >= 0.3 is 0 Å². The first-order chi connectivity index (χ1) is 6.00. The van der Waals surface area contributed by atoms with Gasteiger partial charge < -0.3 is 5.11 Å². The molecule has 0 spiro atoms. The molecule has 2 heterocycles. The van der Waals surface area contributed by atoms with Crippen LogP contribution < -0.4 is 5.56 Å². The van der Waals surface area contributed by atoms with Crippen LogP contribution in [0.2, 0.25) is 0 Å². The first-order valence-electron chi connectivity index (χ1n) is 3.84. The van der Waals surface area contributed by atoms with Gasteiger partial charge in [0.15, 0.2) is 10.9 Å². The van der Waals surface area contributed by atoms with E-state index in [9.17, 15) is 9.90 Å². The molecule has 0 saturated carbocycles. The number of hydrogen-bond acceptors (Lipinski definition) is 5. The van der Waals surface area contributed by atoms with Crippen molar-refractivity contribution in [1.29, 1.82) is 0 Å². The second-order valence-corrected chi connectivity index (χ2v) is 4.14. The minimum atomic E-state index is -1.02. The lowest BCUT2D eigenvalue weighted by Gasteiger charge is -2.17. The van der Waals surface area contributed by atoms with Crippen molar-refractivity contribution in [3.05, 3.63) is 16.0 Å². The van der Waals surface area contributed by atoms with Gasteiger partial charge in [0.2, 0.25) is 0 Å². The van der Waals surface area contributed by atoms with E-state index in [1.807, 2.05) is 0 Å². The van der Waals surface area contributed by atoms with E-state index in [4.69, 9.17) is 0 Å². The quantitative estimate of drug-likeness (QED) is 0.622. The summed E-state index contributed by atoms with van der Waals surface area (Å²) in [5.41, 5.74) is -1.03. The number of aliphatic hydroxyl groups is 1. The molecule has 1 unspecified atom stereocenters. The summed E-state index contributed by atoms with van der Waals surface area (Å²) in [6.45, 7) is 3.23. The van der Waals surface area contributed by atoms with Crippen molar-refractivity contribution in [2.45, 2.75) is 24.7 Å². The first-order valence-corrected chi connectivity index (χ1v) is 4.83. The highest BCUT2D eigenvalue weighted by Gasteiger charge is 2.34. The summed E-state index contributed by atoms with van der Waals surface area (Å²) < 4.78 is 1.40. The maximum atomic E-state index is 11.1. The lowest BCUT2D eigenvalue weighted by Crippen LogP contribution is -2.33. The summed E-state index contributed by atoms with van der Waals surface area (Å²) in [5.74, 6) is 0.482. The molecule has 0 saturated heterocycles. The molecular formula is C7H9N3O2S. The molecule has 0 aliphatic carbocycles. The molecule has 5 nitrogen and oxygen atoms in total. The van der Waals surface area contributed by atoms with Crippen LogP contribution in [0.3, 0.4) is 0 Å². The Labute approximate surface area is 78.8 Å². The van der Waals surface area contributed by atoms with Gasteiger partial charge in [-0.15, -0.1) is 0 Å². The number of rotatable bonds is 0. The predicted octanol–water partition coefficient (Wildman–Crippen LogP) is -0.283. The molecule has 0 bridgehead atoms. The average molecular weight is 199 g/mol. The zero-order valence-electron chi connectivity index (χ0n) is 7.31. The Morgan fingerprint density at radius 2 is 2.38 bits per heavy atom. The fraction of sp³-hybridized carbons (Fsp3) is 0.571. The SMILES string of the molecule is Cc1nn2c(nc1=O)SCC2(C)O. The standard InChI is InChI=1S/C7H9N3O2S/c1-4-5(11)8-6-10(9-4)7(2,12)3-13-6/h12H,3H2,1-2H3. The molecule has 6 heteroatoms. The molecule has 1 aliphatic rings. The van der Waals surface area contributed by atoms with E-state index in [2.05, 4.69) is 10.1 Å². The minimum Gasteiger partial charge on any atom is -0.368 e. The van der Waals surface area contributed by atoms with Gasteiger partial charge in [-0.05, 0) is 13.8 Å². The smallest absolute Gasteiger partial charge is 0.295 e. The summed E-state index contributed by atoms with van der Waals surface area (Å²) >= 11 is 1.34. The van der Waals surface area contributed by atoms with Gasteiger partial charge in [-0.2, -0.15) is 10.1 Å². The van der Waals surface area contributed by atoms with Crippen LogP contribution in [-0.4, -0.2) is 25.6 Å². The van der Waals surface area contributed by atoms with Gasteiger partial charge in [0, 0.05) is 0 Å². The van der Waals surface area contributed by atoms with Crippen LogP contribution in [-0.2, 0) is 5.72 Å². The Kier molecular flexibility index (Phi) is 1.71. The van der Waals surface area contributed by atoms with Crippen LogP contribution in [0.15, 0.2) is 9.95 Å². The van der Waals surface area contributed by atoms with Crippen molar-refractivity contribution in [2.24, 2.45) is 0 Å². The Morgan fingerprint density at radius 3 is 3.08 bits per heavy atom. The molecule has 0 aromatic carbocycles. The number of aromatic nitrogens is 3. The monoisotopic (exact) mass is 199 g/mol. The van der Waals surface area contributed by atoms with Crippen molar-refractivity contribution in [3.8, 4) is 0 Å². The maximum absolute atomic E-state index is 11.1. The fourth-order valence-corrected chi connectivity index (χ4v) is 2.15. The van der Waals surface area contributed by atoms with Gasteiger partial charge in [-0.3, -0.25) is 4.79 Å². The van der Waals surface area contributed by atoms with Gasteiger partial charge in [-0.1, -0.05) is 11.8 Å². The molecule has 1 aliphatic heterocycles. The lowest BCUT2D eigenvalue weighted by atomic mass is 10.3. The number of nitrogens with zero attached hydrogens (tertiary/aromatic N) is 3. The summed E-state index contributed by atoms with van der Waals surface area (Å²) in [6.07, 6.45) is 0. The Morgan fingerprint density at radius 1 is 1.69 bits per heavy atom. The molecule has 1 N–H and O–H groups in total. The van der Waals surface area contributed by atoms with Crippen LogP contribution in [0.25, 0.3) is 0 Å². The highest BCUT2D eigenvalue weighted by molar-refractivity contribution is 7.99. The average Bonchev–Trinajstić information content (AvgIpc) is 2.31. The number of thioether (sulfide) groups is 1. The molecule has 2 rings (SSSR count). The van der Waals surface area contributed by atoms with E-state index >= 15 is 0 Å². The van der Waals surface area contributed by atoms with Crippen LogP contribution >= 0.6 is 11.8 Å². The lowest BCUT2D eigenvalue weighted by molar-refractivity contribution is -0.0111. The van der Waals surface area contributed by atoms with Gasteiger partial charge in [0.05, 0.1) is 5.75 Å². The van der Waals surface area contributed by atoms with Gasteiger partial charge in [0.25, 0.3) is 5.56 Å². The van der Waals surface area contributed by atoms with Crippen molar-refractivity contribution >= 4 is 11.8 Å². The highest BCUT2D eigenvalue weighted by atomic mass is 32.2. The Hall–Kier alpha value is -0.880.